The van der Waals surface area contributed by atoms with E-state index in [4.69, 9.17) is 0 Å². The van der Waals surface area contributed by atoms with Gasteiger partial charge in [0.1, 0.15) is 0 Å². The second-order valence-corrected chi connectivity index (χ2v) is 4.77. The zero-order valence-corrected chi connectivity index (χ0v) is 10.1. The highest BCUT2D eigenvalue weighted by Crippen LogP contribution is 2.14. The van der Waals surface area contributed by atoms with Crippen LogP contribution < -0.4 is 10.6 Å². The molecule has 0 spiro atoms. The highest BCUT2D eigenvalue weighted by atomic mass is 32.2. The van der Waals surface area contributed by atoms with Gasteiger partial charge in [-0.1, -0.05) is 0 Å². The van der Waals surface area contributed by atoms with Crippen molar-refractivity contribution < 1.29 is 4.79 Å². The average molecular weight is 236 g/mol. The standard InChI is InChI=1S/C12H16N2OS/c1-16-11-4-2-9(3-5-11)12(15)14-10-6-7-13-8-10/h2-5,10,13H,6-8H2,1H3,(H,14,15). The molecule has 0 bridgehead atoms. The molecule has 0 aliphatic carbocycles. The zero-order valence-electron chi connectivity index (χ0n) is 9.32. The Labute approximate surface area is 100.0 Å². The third-order valence-electron chi connectivity index (χ3n) is 2.75. The maximum Gasteiger partial charge on any atom is 0.251 e. The van der Waals surface area contributed by atoms with Crippen molar-refractivity contribution in [3.8, 4) is 0 Å². The van der Waals surface area contributed by atoms with Gasteiger partial charge in [0.15, 0.2) is 0 Å². The van der Waals surface area contributed by atoms with E-state index < -0.39 is 0 Å². The SMILES string of the molecule is CSc1ccc(C(=O)NC2CCNC2)cc1. The highest BCUT2D eigenvalue weighted by molar-refractivity contribution is 7.98. The molecule has 0 radical (unpaired) electrons. The smallest absolute Gasteiger partial charge is 0.251 e. The van der Waals surface area contributed by atoms with Crippen LogP contribution in [0, 0.1) is 0 Å². The largest absolute Gasteiger partial charge is 0.348 e. The summed E-state index contributed by atoms with van der Waals surface area (Å²) < 4.78 is 0. The van der Waals surface area contributed by atoms with Crippen LogP contribution in [-0.4, -0.2) is 31.3 Å². The van der Waals surface area contributed by atoms with E-state index in [1.807, 2.05) is 30.5 Å². The number of carbonyl (C=O) groups is 1. The molecule has 1 unspecified atom stereocenters. The number of carbonyl (C=O) groups excluding carboxylic acids is 1. The minimum Gasteiger partial charge on any atom is -0.348 e. The van der Waals surface area contributed by atoms with Crippen molar-refractivity contribution in [1.29, 1.82) is 0 Å². The fourth-order valence-electron chi connectivity index (χ4n) is 1.79. The van der Waals surface area contributed by atoms with E-state index in [-0.39, 0.29) is 11.9 Å². The van der Waals surface area contributed by atoms with Crippen molar-refractivity contribution in [2.75, 3.05) is 19.3 Å². The molecule has 1 fully saturated rings. The molecule has 1 aliphatic rings. The van der Waals surface area contributed by atoms with E-state index >= 15 is 0 Å². The summed E-state index contributed by atoms with van der Waals surface area (Å²) in [5.41, 5.74) is 0.740. The Morgan fingerprint density at radius 1 is 1.44 bits per heavy atom. The van der Waals surface area contributed by atoms with Crippen LogP contribution in [0.2, 0.25) is 0 Å². The molecule has 1 atom stereocenters. The number of amides is 1. The summed E-state index contributed by atoms with van der Waals surface area (Å²) in [5, 5.41) is 6.25. The van der Waals surface area contributed by atoms with Gasteiger partial charge < -0.3 is 10.6 Å². The van der Waals surface area contributed by atoms with Crippen LogP contribution in [0.15, 0.2) is 29.2 Å². The van der Waals surface area contributed by atoms with Crippen LogP contribution in [0.1, 0.15) is 16.8 Å². The van der Waals surface area contributed by atoms with E-state index in [1.54, 1.807) is 11.8 Å². The van der Waals surface area contributed by atoms with Gasteiger partial charge in [0.25, 0.3) is 5.91 Å². The Balaban J connectivity index is 1.97. The molecule has 16 heavy (non-hydrogen) atoms. The van der Waals surface area contributed by atoms with Crippen LogP contribution in [0.4, 0.5) is 0 Å². The first-order chi connectivity index (χ1) is 7.79. The third kappa shape index (κ3) is 2.77. The maximum absolute atomic E-state index is 11.9. The summed E-state index contributed by atoms with van der Waals surface area (Å²) in [6.07, 6.45) is 3.05. The number of thioether (sulfide) groups is 1. The van der Waals surface area contributed by atoms with Crippen molar-refractivity contribution >= 4 is 17.7 Å². The molecule has 1 aliphatic heterocycles. The van der Waals surface area contributed by atoms with Gasteiger partial charge >= 0.3 is 0 Å². The Morgan fingerprint density at radius 3 is 2.75 bits per heavy atom. The molecule has 2 N–H and O–H groups in total. The van der Waals surface area contributed by atoms with E-state index in [0.29, 0.717) is 0 Å². The molecule has 86 valence electrons. The van der Waals surface area contributed by atoms with Crippen molar-refractivity contribution in [1.82, 2.24) is 10.6 Å². The molecule has 1 aromatic carbocycles. The predicted molar refractivity (Wildman–Crippen MR) is 67.0 cm³/mol. The summed E-state index contributed by atoms with van der Waals surface area (Å²) in [6.45, 7) is 1.88. The maximum atomic E-state index is 11.9. The Morgan fingerprint density at radius 2 is 2.19 bits per heavy atom. The van der Waals surface area contributed by atoms with Crippen molar-refractivity contribution in [3.05, 3.63) is 29.8 Å². The minimum atomic E-state index is 0.0290. The second-order valence-electron chi connectivity index (χ2n) is 3.89. The first-order valence-corrected chi connectivity index (χ1v) is 6.67. The molecule has 1 heterocycles. The number of benzene rings is 1. The van der Waals surface area contributed by atoms with Gasteiger partial charge in [0, 0.05) is 23.0 Å². The van der Waals surface area contributed by atoms with E-state index in [0.717, 1.165) is 25.1 Å². The minimum absolute atomic E-state index is 0.0290. The van der Waals surface area contributed by atoms with Crippen LogP contribution in [0.3, 0.4) is 0 Å². The summed E-state index contributed by atoms with van der Waals surface area (Å²) in [5.74, 6) is 0.0290. The van der Waals surface area contributed by atoms with E-state index in [2.05, 4.69) is 10.6 Å². The van der Waals surface area contributed by atoms with Crippen LogP contribution in [0.5, 0.6) is 0 Å². The van der Waals surface area contributed by atoms with Gasteiger partial charge in [-0.25, -0.2) is 0 Å². The van der Waals surface area contributed by atoms with Gasteiger partial charge in [0.2, 0.25) is 0 Å². The van der Waals surface area contributed by atoms with Crippen molar-refractivity contribution in [2.45, 2.75) is 17.4 Å². The molecule has 1 saturated heterocycles. The molecule has 1 amide bonds. The van der Waals surface area contributed by atoms with Gasteiger partial charge in [-0.05, 0) is 43.5 Å². The van der Waals surface area contributed by atoms with Crippen LogP contribution in [-0.2, 0) is 0 Å². The van der Waals surface area contributed by atoms with Crippen LogP contribution >= 0.6 is 11.8 Å². The fraction of sp³-hybridized carbons (Fsp3) is 0.417. The quantitative estimate of drug-likeness (QED) is 0.781. The topological polar surface area (TPSA) is 41.1 Å². The lowest BCUT2D eigenvalue weighted by molar-refractivity contribution is 0.0940. The molecule has 4 heteroatoms. The summed E-state index contributed by atoms with van der Waals surface area (Å²) >= 11 is 1.68. The summed E-state index contributed by atoms with van der Waals surface area (Å²) in [4.78, 5) is 13.0. The van der Waals surface area contributed by atoms with Gasteiger partial charge in [-0.15, -0.1) is 11.8 Å². The average Bonchev–Trinajstić information content (AvgIpc) is 2.82. The lowest BCUT2D eigenvalue weighted by Crippen LogP contribution is -2.36. The fourth-order valence-corrected chi connectivity index (χ4v) is 2.20. The molecule has 1 aromatic rings. The molecule has 3 nitrogen and oxygen atoms in total. The van der Waals surface area contributed by atoms with Crippen molar-refractivity contribution in [3.63, 3.8) is 0 Å². The van der Waals surface area contributed by atoms with Crippen molar-refractivity contribution in [2.24, 2.45) is 0 Å². The molecule has 0 aromatic heterocycles. The number of rotatable bonds is 3. The lowest BCUT2D eigenvalue weighted by Gasteiger charge is -2.11. The summed E-state index contributed by atoms with van der Waals surface area (Å²) in [7, 11) is 0. The third-order valence-corrected chi connectivity index (χ3v) is 3.49. The van der Waals surface area contributed by atoms with Gasteiger partial charge in [-0.2, -0.15) is 0 Å². The van der Waals surface area contributed by atoms with E-state index in [1.165, 1.54) is 4.90 Å². The molecular formula is C12H16N2OS. The highest BCUT2D eigenvalue weighted by Gasteiger charge is 2.17. The zero-order chi connectivity index (χ0) is 11.4. The second kappa shape index (κ2) is 5.37. The number of hydrogen-bond donors (Lipinski definition) is 2. The normalized spacial score (nSPS) is 19.7. The number of hydrogen-bond acceptors (Lipinski definition) is 3. The Bertz CT molecular complexity index is 358. The predicted octanol–water partition coefficient (Wildman–Crippen LogP) is 1.50. The van der Waals surface area contributed by atoms with E-state index in [9.17, 15) is 4.79 Å². The Kier molecular flexibility index (Phi) is 3.85. The van der Waals surface area contributed by atoms with Gasteiger partial charge in [-0.3, -0.25) is 4.79 Å². The number of nitrogens with one attached hydrogen (secondary N) is 2. The lowest BCUT2D eigenvalue weighted by atomic mass is 10.2. The first-order valence-electron chi connectivity index (χ1n) is 5.45. The first kappa shape index (κ1) is 11.5. The molecule has 0 saturated carbocycles. The van der Waals surface area contributed by atoms with Gasteiger partial charge in [0.05, 0.1) is 0 Å². The summed E-state index contributed by atoms with van der Waals surface area (Å²) in [6, 6.07) is 8.00. The molecular weight excluding hydrogens is 220 g/mol. The van der Waals surface area contributed by atoms with Crippen LogP contribution in [0.25, 0.3) is 0 Å². The monoisotopic (exact) mass is 236 g/mol. The Hall–Kier alpha value is -1.00. The molecule has 2 rings (SSSR count).